The van der Waals surface area contributed by atoms with Crippen LogP contribution in [0.25, 0.3) is 0 Å². The van der Waals surface area contributed by atoms with E-state index in [1.54, 1.807) is 49.4 Å². The Morgan fingerprint density at radius 3 is 2.05 bits per heavy atom. The number of carbonyl (C=O) groups is 2. The number of halogens is 1. The average Bonchev–Trinajstić information content (AvgIpc) is 2.86. The van der Waals surface area contributed by atoms with E-state index in [0.29, 0.717) is 11.3 Å². The summed E-state index contributed by atoms with van der Waals surface area (Å²) in [5.41, 5.74) is 1.31. The van der Waals surface area contributed by atoms with Gasteiger partial charge in [0.1, 0.15) is 18.4 Å². The van der Waals surface area contributed by atoms with Crippen molar-refractivity contribution in [2.24, 2.45) is 0 Å². The van der Waals surface area contributed by atoms with E-state index in [4.69, 9.17) is 0 Å². The van der Waals surface area contributed by atoms with Gasteiger partial charge in [-0.25, -0.2) is 12.8 Å². The van der Waals surface area contributed by atoms with Crippen LogP contribution in [0.15, 0.2) is 83.8 Å². The predicted molar refractivity (Wildman–Crippen MR) is 146 cm³/mol. The fourth-order valence-corrected chi connectivity index (χ4v) is 5.24. The highest BCUT2D eigenvalue weighted by Gasteiger charge is 2.33. The predicted octanol–water partition coefficient (Wildman–Crippen LogP) is 4.66. The van der Waals surface area contributed by atoms with E-state index in [9.17, 15) is 22.4 Å². The maximum Gasteiger partial charge on any atom is 0.264 e. The van der Waals surface area contributed by atoms with Crippen molar-refractivity contribution in [1.82, 2.24) is 10.2 Å². The zero-order valence-corrected chi connectivity index (χ0v) is 23.1. The van der Waals surface area contributed by atoms with Gasteiger partial charge in [-0.3, -0.25) is 13.9 Å². The molecular formula is C29H34FN3O4S. The number of rotatable bonds is 9. The molecule has 0 saturated heterocycles. The summed E-state index contributed by atoms with van der Waals surface area (Å²) in [4.78, 5) is 28.2. The van der Waals surface area contributed by atoms with Gasteiger partial charge in [-0.15, -0.1) is 0 Å². The fourth-order valence-electron chi connectivity index (χ4n) is 3.80. The van der Waals surface area contributed by atoms with Gasteiger partial charge in [-0.2, -0.15) is 0 Å². The van der Waals surface area contributed by atoms with Gasteiger partial charge in [0.25, 0.3) is 10.0 Å². The Morgan fingerprint density at radius 1 is 0.921 bits per heavy atom. The number of sulfonamides is 1. The summed E-state index contributed by atoms with van der Waals surface area (Å²) in [6.07, 6.45) is 0. The molecule has 38 heavy (non-hydrogen) atoms. The minimum atomic E-state index is -4.11. The molecule has 202 valence electrons. The fraction of sp³-hybridized carbons (Fsp3) is 0.310. The Hall–Kier alpha value is -3.72. The quantitative estimate of drug-likeness (QED) is 0.429. The van der Waals surface area contributed by atoms with Gasteiger partial charge in [-0.1, -0.05) is 48.0 Å². The summed E-state index contributed by atoms with van der Waals surface area (Å²) < 4.78 is 42.0. The van der Waals surface area contributed by atoms with Crippen molar-refractivity contribution >= 4 is 27.5 Å². The molecule has 0 radical (unpaired) electrons. The minimum absolute atomic E-state index is 0.00896. The van der Waals surface area contributed by atoms with Crippen molar-refractivity contribution in [2.75, 3.05) is 10.8 Å². The average molecular weight is 540 g/mol. The van der Waals surface area contributed by atoms with Crippen molar-refractivity contribution in [3.8, 4) is 0 Å². The summed E-state index contributed by atoms with van der Waals surface area (Å²) in [5.74, 6) is -1.39. The van der Waals surface area contributed by atoms with Crippen molar-refractivity contribution < 1.29 is 22.4 Å². The third-order valence-electron chi connectivity index (χ3n) is 5.86. The van der Waals surface area contributed by atoms with E-state index in [1.807, 2.05) is 27.7 Å². The summed E-state index contributed by atoms with van der Waals surface area (Å²) >= 11 is 0. The first-order valence-corrected chi connectivity index (χ1v) is 13.7. The molecule has 1 N–H and O–H groups in total. The molecule has 0 fully saturated rings. The number of amides is 2. The molecular weight excluding hydrogens is 505 g/mol. The zero-order valence-electron chi connectivity index (χ0n) is 22.3. The number of aryl methyl sites for hydroxylation is 1. The molecule has 0 aromatic heterocycles. The summed E-state index contributed by atoms with van der Waals surface area (Å²) in [7, 11) is -4.11. The second-order valence-electron chi connectivity index (χ2n) is 10.2. The number of hydrogen-bond acceptors (Lipinski definition) is 4. The molecule has 0 bridgehead atoms. The normalized spacial score (nSPS) is 12.5. The van der Waals surface area contributed by atoms with Crippen LogP contribution in [0.5, 0.6) is 0 Å². The second-order valence-corrected chi connectivity index (χ2v) is 12.1. The largest absolute Gasteiger partial charge is 0.350 e. The third-order valence-corrected chi connectivity index (χ3v) is 7.65. The molecule has 3 aromatic rings. The lowest BCUT2D eigenvalue weighted by atomic mass is 10.1. The lowest BCUT2D eigenvalue weighted by molar-refractivity contribution is -0.140. The first-order chi connectivity index (χ1) is 17.8. The molecule has 1 atom stereocenters. The number of carbonyl (C=O) groups excluding carboxylic acids is 2. The van der Waals surface area contributed by atoms with Crippen LogP contribution in [0.4, 0.5) is 10.1 Å². The molecule has 0 unspecified atom stereocenters. The smallest absolute Gasteiger partial charge is 0.264 e. The van der Waals surface area contributed by atoms with Gasteiger partial charge >= 0.3 is 0 Å². The highest BCUT2D eigenvalue weighted by atomic mass is 32.2. The monoisotopic (exact) mass is 539 g/mol. The first-order valence-electron chi connectivity index (χ1n) is 12.3. The van der Waals surface area contributed by atoms with Crippen molar-refractivity contribution in [3.63, 3.8) is 0 Å². The van der Waals surface area contributed by atoms with Gasteiger partial charge < -0.3 is 10.2 Å². The number of nitrogens with one attached hydrogen (secondary N) is 1. The number of benzene rings is 3. The molecule has 0 heterocycles. The Morgan fingerprint density at radius 2 is 1.50 bits per heavy atom. The summed E-state index contributed by atoms with van der Waals surface area (Å²) in [6, 6.07) is 19.4. The molecule has 3 aromatic carbocycles. The summed E-state index contributed by atoms with van der Waals surface area (Å²) in [6.45, 7) is 8.41. The zero-order chi connectivity index (χ0) is 28.1. The molecule has 2 amide bonds. The third kappa shape index (κ3) is 7.41. The SMILES string of the molecule is Cc1ccc(N(CC(=O)N(Cc2ccc(F)cc2)[C@H](C)C(=O)NC(C)(C)C)S(=O)(=O)c2ccccc2)cc1. The van der Waals surface area contributed by atoms with Crippen LogP contribution in [0.1, 0.15) is 38.8 Å². The van der Waals surface area contributed by atoms with E-state index >= 15 is 0 Å². The van der Waals surface area contributed by atoms with Crippen molar-refractivity contribution in [1.29, 1.82) is 0 Å². The maximum atomic E-state index is 13.8. The molecule has 0 aliphatic carbocycles. The Balaban J connectivity index is 2.01. The summed E-state index contributed by atoms with van der Waals surface area (Å²) in [5, 5.41) is 2.87. The molecule has 0 saturated carbocycles. The number of hydrogen-bond donors (Lipinski definition) is 1. The van der Waals surface area contributed by atoms with Crippen LogP contribution in [0, 0.1) is 12.7 Å². The molecule has 3 rings (SSSR count). The standard InChI is InChI=1S/C29H34FN3O4S/c1-21-11-17-25(18-12-21)33(38(36,37)26-9-7-6-8-10-26)20-27(34)32(19-23-13-15-24(30)16-14-23)22(2)28(35)31-29(3,4)5/h6-18,22H,19-20H2,1-5H3,(H,31,35)/t22-/m1/s1. The second kappa shape index (κ2) is 11.8. The van der Waals surface area contributed by atoms with Crippen LogP contribution in [0.3, 0.4) is 0 Å². The molecule has 9 heteroatoms. The lowest BCUT2D eigenvalue weighted by Crippen LogP contribution is -2.54. The first kappa shape index (κ1) is 28.8. The van der Waals surface area contributed by atoms with Crippen LogP contribution < -0.4 is 9.62 Å². The van der Waals surface area contributed by atoms with E-state index in [1.165, 1.54) is 41.3 Å². The highest BCUT2D eigenvalue weighted by Crippen LogP contribution is 2.25. The van der Waals surface area contributed by atoms with Crippen LogP contribution in [0.2, 0.25) is 0 Å². The topological polar surface area (TPSA) is 86.8 Å². The Bertz CT molecular complexity index is 1350. The molecule has 0 spiro atoms. The van der Waals surface area contributed by atoms with E-state index in [2.05, 4.69) is 5.32 Å². The van der Waals surface area contributed by atoms with Crippen LogP contribution >= 0.6 is 0 Å². The van der Waals surface area contributed by atoms with Gasteiger partial charge in [0.2, 0.25) is 11.8 Å². The van der Waals surface area contributed by atoms with E-state index < -0.39 is 39.9 Å². The molecule has 7 nitrogen and oxygen atoms in total. The van der Waals surface area contributed by atoms with Crippen LogP contribution in [-0.2, 0) is 26.2 Å². The highest BCUT2D eigenvalue weighted by molar-refractivity contribution is 7.92. The van der Waals surface area contributed by atoms with Gasteiger partial charge in [-0.05, 0) is 76.6 Å². The lowest BCUT2D eigenvalue weighted by Gasteiger charge is -2.33. The van der Waals surface area contributed by atoms with Crippen molar-refractivity contribution in [3.05, 3.63) is 95.8 Å². The van der Waals surface area contributed by atoms with E-state index in [-0.39, 0.29) is 17.3 Å². The van der Waals surface area contributed by atoms with E-state index in [0.717, 1.165) is 9.87 Å². The maximum absolute atomic E-state index is 13.8. The Labute approximate surface area is 224 Å². The van der Waals surface area contributed by atoms with Gasteiger partial charge in [0.05, 0.1) is 10.6 Å². The van der Waals surface area contributed by atoms with Gasteiger partial charge in [0.15, 0.2) is 0 Å². The van der Waals surface area contributed by atoms with Crippen LogP contribution in [-0.4, -0.2) is 43.3 Å². The number of nitrogens with zero attached hydrogens (tertiary/aromatic N) is 2. The van der Waals surface area contributed by atoms with Crippen molar-refractivity contribution in [2.45, 2.75) is 57.6 Å². The molecule has 0 aliphatic heterocycles. The van der Waals surface area contributed by atoms with Gasteiger partial charge in [0, 0.05) is 12.1 Å². The number of anilines is 1. The Kier molecular flexibility index (Phi) is 8.93. The minimum Gasteiger partial charge on any atom is -0.350 e. The molecule has 0 aliphatic rings.